The first kappa shape index (κ1) is 10.1. The van der Waals surface area contributed by atoms with Gasteiger partial charge in [-0.1, -0.05) is 0 Å². The van der Waals surface area contributed by atoms with E-state index in [9.17, 15) is 9.59 Å². The quantitative estimate of drug-likeness (QED) is 0.291. The number of aliphatic hydroxyl groups excluding tert-OH is 2. The summed E-state index contributed by atoms with van der Waals surface area (Å²) >= 11 is 0. The van der Waals surface area contributed by atoms with Gasteiger partial charge in [-0.15, -0.1) is 0 Å². The van der Waals surface area contributed by atoms with Gasteiger partial charge in [-0.3, -0.25) is 4.79 Å². The van der Waals surface area contributed by atoms with Crippen LogP contribution >= 0.6 is 0 Å². The van der Waals surface area contributed by atoms with Gasteiger partial charge in [0, 0.05) is 0 Å². The van der Waals surface area contributed by atoms with Crippen LogP contribution in [0.2, 0.25) is 0 Å². The van der Waals surface area contributed by atoms with Crippen molar-refractivity contribution < 1.29 is 24.5 Å². The maximum Gasteiger partial charge on any atom is 0.313 e. The van der Waals surface area contributed by atoms with E-state index < -0.39 is 18.7 Å². The molecule has 0 saturated heterocycles. The summed E-state index contributed by atoms with van der Waals surface area (Å²) in [6.07, 6.45) is -0.975. The Hall–Kier alpha value is -0.940. The fourth-order valence-electron chi connectivity index (χ4n) is 0.369. The van der Waals surface area contributed by atoms with Gasteiger partial charge in [0.1, 0.15) is 25.4 Å². The second kappa shape index (κ2) is 5.82. The molecule has 0 aliphatic heterocycles. The zero-order valence-electron chi connectivity index (χ0n) is 5.90. The average molecular weight is 162 g/mol. The predicted molar refractivity (Wildman–Crippen MR) is 34.7 cm³/mol. The molecule has 2 N–H and O–H groups in total. The normalized spacial score (nSPS) is 12.2. The summed E-state index contributed by atoms with van der Waals surface area (Å²) in [6.45, 7) is -0.739. The van der Waals surface area contributed by atoms with Crippen LogP contribution in [-0.4, -0.2) is 41.8 Å². The number of hydrogen-bond donors (Lipinski definition) is 2. The van der Waals surface area contributed by atoms with Crippen molar-refractivity contribution in [3.8, 4) is 0 Å². The Morgan fingerprint density at radius 2 is 2.27 bits per heavy atom. The van der Waals surface area contributed by atoms with E-state index in [0.29, 0.717) is 6.29 Å². The zero-order chi connectivity index (χ0) is 8.69. The van der Waals surface area contributed by atoms with Crippen molar-refractivity contribution in [2.45, 2.75) is 12.5 Å². The third kappa shape index (κ3) is 5.50. The van der Waals surface area contributed by atoms with E-state index >= 15 is 0 Å². The highest BCUT2D eigenvalue weighted by Crippen LogP contribution is 1.86. The van der Waals surface area contributed by atoms with Crippen molar-refractivity contribution in [2.75, 3.05) is 13.2 Å². The molecular weight excluding hydrogens is 152 g/mol. The third-order valence-corrected chi connectivity index (χ3v) is 0.897. The lowest BCUT2D eigenvalue weighted by Crippen LogP contribution is -2.21. The van der Waals surface area contributed by atoms with Gasteiger partial charge in [0.25, 0.3) is 0 Å². The summed E-state index contributed by atoms with van der Waals surface area (Å²) < 4.78 is 4.35. The molecule has 1 atom stereocenters. The molecular formula is C6H10O5. The Morgan fingerprint density at radius 3 is 2.73 bits per heavy atom. The Labute approximate surface area is 63.6 Å². The number of aliphatic hydroxyl groups is 2. The van der Waals surface area contributed by atoms with Crippen LogP contribution < -0.4 is 0 Å². The van der Waals surface area contributed by atoms with E-state index in [-0.39, 0.29) is 13.0 Å². The Kier molecular flexibility index (Phi) is 5.32. The number of esters is 1. The molecule has 0 saturated carbocycles. The minimum Gasteiger partial charge on any atom is -0.463 e. The highest BCUT2D eigenvalue weighted by molar-refractivity contribution is 5.83. The molecule has 0 aliphatic carbocycles. The molecule has 0 aromatic heterocycles. The maximum absolute atomic E-state index is 10.4. The first-order chi connectivity index (χ1) is 5.20. The summed E-state index contributed by atoms with van der Waals surface area (Å²) in [7, 11) is 0. The molecule has 0 heterocycles. The van der Waals surface area contributed by atoms with Crippen LogP contribution in [0.4, 0.5) is 0 Å². The van der Waals surface area contributed by atoms with Gasteiger partial charge in [0.15, 0.2) is 0 Å². The molecule has 0 bridgehead atoms. The maximum atomic E-state index is 10.4. The van der Waals surface area contributed by atoms with Gasteiger partial charge in [0.2, 0.25) is 0 Å². The first-order valence-corrected chi connectivity index (χ1v) is 3.09. The zero-order valence-corrected chi connectivity index (χ0v) is 5.90. The van der Waals surface area contributed by atoms with Crippen LogP contribution in [0.15, 0.2) is 0 Å². The lowest BCUT2D eigenvalue weighted by Gasteiger charge is -2.06. The number of ether oxygens (including phenoxy) is 1. The summed E-state index contributed by atoms with van der Waals surface area (Å²) in [5.41, 5.74) is 0. The summed E-state index contributed by atoms with van der Waals surface area (Å²) in [4.78, 5) is 20.1. The monoisotopic (exact) mass is 162 g/mol. The van der Waals surface area contributed by atoms with Crippen LogP contribution in [0.25, 0.3) is 0 Å². The van der Waals surface area contributed by atoms with E-state index in [1.54, 1.807) is 0 Å². The molecule has 1 unspecified atom stereocenters. The molecule has 0 amide bonds. The molecule has 64 valence electrons. The van der Waals surface area contributed by atoms with E-state index in [1.807, 2.05) is 0 Å². The molecule has 0 aromatic carbocycles. The van der Waals surface area contributed by atoms with Gasteiger partial charge in [0.05, 0.1) is 6.61 Å². The fourth-order valence-corrected chi connectivity index (χ4v) is 0.369. The van der Waals surface area contributed by atoms with Crippen molar-refractivity contribution in [1.82, 2.24) is 0 Å². The van der Waals surface area contributed by atoms with Crippen molar-refractivity contribution in [2.24, 2.45) is 0 Å². The largest absolute Gasteiger partial charge is 0.463 e. The van der Waals surface area contributed by atoms with E-state index in [1.165, 1.54) is 0 Å². The van der Waals surface area contributed by atoms with Crippen LogP contribution in [0.3, 0.4) is 0 Å². The highest BCUT2D eigenvalue weighted by atomic mass is 16.5. The van der Waals surface area contributed by atoms with Gasteiger partial charge < -0.3 is 19.7 Å². The van der Waals surface area contributed by atoms with Crippen molar-refractivity contribution >= 4 is 12.3 Å². The van der Waals surface area contributed by atoms with Gasteiger partial charge in [-0.25, -0.2) is 0 Å². The van der Waals surface area contributed by atoms with E-state index in [0.717, 1.165) is 0 Å². The second-order valence-electron chi connectivity index (χ2n) is 1.89. The van der Waals surface area contributed by atoms with Gasteiger partial charge in [-0.05, 0) is 0 Å². The van der Waals surface area contributed by atoms with Crippen molar-refractivity contribution in [3.05, 3.63) is 0 Å². The van der Waals surface area contributed by atoms with Gasteiger partial charge >= 0.3 is 5.97 Å². The fraction of sp³-hybridized carbons (Fsp3) is 0.667. The summed E-state index contributed by atoms with van der Waals surface area (Å²) in [6, 6.07) is 0. The lowest BCUT2D eigenvalue weighted by atomic mass is 10.4. The number of aldehydes is 1. The average Bonchev–Trinajstić information content (AvgIpc) is 2.01. The predicted octanol–water partition coefficient (Wildman–Crippen LogP) is -1.53. The minimum atomic E-state index is -1.06. The van der Waals surface area contributed by atoms with Crippen molar-refractivity contribution in [1.29, 1.82) is 0 Å². The third-order valence-electron chi connectivity index (χ3n) is 0.897. The van der Waals surface area contributed by atoms with Crippen molar-refractivity contribution in [3.63, 3.8) is 0 Å². The standard InChI is InChI=1S/C6H10O5/c7-2-1-6(10)11-4-5(9)3-8/h2,5,8-9H,1,3-4H2. The summed E-state index contributed by atoms with van der Waals surface area (Å²) in [5.74, 6) is -0.701. The molecule has 0 aromatic rings. The number of carbonyl (C=O) groups excluding carboxylic acids is 2. The molecule has 0 fully saturated rings. The minimum absolute atomic E-state index is 0.275. The molecule has 0 radical (unpaired) electrons. The smallest absolute Gasteiger partial charge is 0.313 e. The second-order valence-corrected chi connectivity index (χ2v) is 1.89. The Balaban J connectivity index is 3.37. The van der Waals surface area contributed by atoms with Crippen LogP contribution in [0.5, 0.6) is 0 Å². The molecule has 0 rings (SSSR count). The van der Waals surface area contributed by atoms with Crippen LogP contribution in [-0.2, 0) is 14.3 Å². The number of carbonyl (C=O) groups is 2. The highest BCUT2D eigenvalue weighted by Gasteiger charge is 2.06. The molecule has 11 heavy (non-hydrogen) atoms. The molecule has 5 nitrogen and oxygen atoms in total. The topological polar surface area (TPSA) is 83.8 Å². The number of hydrogen-bond acceptors (Lipinski definition) is 5. The Bertz CT molecular complexity index is 133. The Morgan fingerprint density at radius 1 is 1.64 bits per heavy atom. The molecule has 0 aliphatic rings. The first-order valence-electron chi connectivity index (χ1n) is 3.09. The van der Waals surface area contributed by atoms with Gasteiger partial charge in [-0.2, -0.15) is 0 Å². The number of rotatable bonds is 5. The lowest BCUT2D eigenvalue weighted by molar-refractivity contribution is -0.147. The summed E-state index contributed by atoms with van der Waals surface area (Å²) in [5, 5.41) is 16.9. The van der Waals surface area contributed by atoms with Crippen LogP contribution in [0.1, 0.15) is 6.42 Å². The molecule has 5 heteroatoms. The SMILES string of the molecule is O=CCC(=O)OCC(O)CO. The van der Waals surface area contributed by atoms with Crippen LogP contribution in [0, 0.1) is 0 Å². The van der Waals surface area contributed by atoms with E-state index in [2.05, 4.69) is 4.74 Å². The molecule has 0 spiro atoms. The van der Waals surface area contributed by atoms with E-state index in [4.69, 9.17) is 10.2 Å².